The minimum Gasteiger partial charge on any atom is -0.396 e. The molecule has 3 aliphatic carbocycles. The van der Waals surface area contributed by atoms with Gasteiger partial charge in [0.05, 0.1) is 0 Å². The smallest absolute Gasteiger partial charge is 0.0459 e. The van der Waals surface area contributed by atoms with E-state index in [0.717, 1.165) is 41.4 Å². The zero-order valence-corrected chi connectivity index (χ0v) is 20.1. The Bertz CT molecular complexity index is 438. The lowest BCUT2D eigenvalue weighted by Crippen LogP contribution is -2.38. The molecule has 3 fully saturated rings. The van der Waals surface area contributed by atoms with Gasteiger partial charge in [0.2, 0.25) is 0 Å². The summed E-state index contributed by atoms with van der Waals surface area (Å²) in [5.41, 5.74) is 0. The molecule has 6 unspecified atom stereocenters. The molecule has 3 rings (SSSR count). The van der Waals surface area contributed by atoms with Crippen molar-refractivity contribution in [2.45, 2.75) is 124 Å². The highest BCUT2D eigenvalue weighted by atomic mass is 16.3. The van der Waals surface area contributed by atoms with Crippen molar-refractivity contribution in [3.63, 3.8) is 0 Å². The second-order valence-electron chi connectivity index (χ2n) is 11.4. The first-order valence-corrected chi connectivity index (χ1v) is 13.8. The lowest BCUT2D eigenvalue weighted by molar-refractivity contribution is 0.0227. The van der Waals surface area contributed by atoms with Crippen LogP contribution in [0.4, 0.5) is 0 Å². The molecule has 0 spiro atoms. The van der Waals surface area contributed by atoms with E-state index in [9.17, 15) is 5.11 Å². The molecule has 0 radical (unpaired) electrons. The summed E-state index contributed by atoms with van der Waals surface area (Å²) >= 11 is 0. The second kappa shape index (κ2) is 12.1. The van der Waals surface area contributed by atoms with Gasteiger partial charge < -0.3 is 5.11 Å². The maximum absolute atomic E-state index is 9.64. The quantitative estimate of drug-likeness (QED) is 0.383. The van der Waals surface area contributed by atoms with Gasteiger partial charge >= 0.3 is 0 Å². The highest BCUT2D eigenvalue weighted by Gasteiger charge is 2.41. The van der Waals surface area contributed by atoms with Gasteiger partial charge in [-0.2, -0.15) is 0 Å². The molecular weight excluding hydrogens is 352 g/mol. The van der Waals surface area contributed by atoms with Crippen LogP contribution in [0.5, 0.6) is 0 Å². The molecule has 29 heavy (non-hydrogen) atoms. The van der Waals surface area contributed by atoms with E-state index in [-0.39, 0.29) is 0 Å². The van der Waals surface area contributed by atoms with Crippen LogP contribution < -0.4 is 0 Å². The average molecular weight is 405 g/mol. The Morgan fingerprint density at radius 3 is 1.86 bits per heavy atom. The minimum absolute atomic E-state index is 0.425. The van der Waals surface area contributed by atoms with E-state index in [1.807, 2.05) is 0 Å². The molecular formula is C28H52O. The van der Waals surface area contributed by atoms with Crippen molar-refractivity contribution >= 4 is 0 Å². The predicted molar refractivity (Wildman–Crippen MR) is 126 cm³/mol. The zero-order valence-electron chi connectivity index (χ0n) is 20.1. The molecule has 0 saturated heterocycles. The number of unbranched alkanes of at least 4 members (excludes halogenated alkanes) is 2. The van der Waals surface area contributed by atoms with Crippen molar-refractivity contribution in [1.29, 1.82) is 0 Å². The average Bonchev–Trinajstić information content (AvgIpc) is 2.79. The zero-order chi connectivity index (χ0) is 20.6. The topological polar surface area (TPSA) is 20.2 Å². The first kappa shape index (κ1) is 23.6. The second-order valence-corrected chi connectivity index (χ2v) is 11.4. The van der Waals surface area contributed by atoms with Gasteiger partial charge in [-0.25, -0.2) is 0 Å². The first-order valence-electron chi connectivity index (χ1n) is 13.8. The van der Waals surface area contributed by atoms with Crippen molar-refractivity contribution in [2.24, 2.45) is 47.3 Å². The Labute approximate surface area is 182 Å². The summed E-state index contributed by atoms with van der Waals surface area (Å²) in [6, 6.07) is 0. The summed E-state index contributed by atoms with van der Waals surface area (Å²) < 4.78 is 0. The third-order valence-electron chi connectivity index (χ3n) is 9.86. The van der Waals surface area contributed by atoms with Gasteiger partial charge in [0.25, 0.3) is 0 Å². The molecule has 170 valence electrons. The Balaban J connectivity index is 1.50. The highest BCUT2D eigenvalue weighted by Crippen LogP contribution is 2.51. The van der Waals surface area contributed by atoms with Crippen LogP contribution in [0.1, 0.15) is 124 Å². The van der Waals surface area contributed by atoms with Gasteiger partial charge in [-0.3, -0.25) is 0 Å². The van der Waals surface area contributed by atoms with Crippen molar-refractivity contribution < 1.29 is 5.11 Å². The molecule has 1 N–H and O–H groups in total. The van der Waals surface area contributed by atoms with Crippen molar-refractivity contribution in [2.75, 3.05) is 6.61 Å². The minimum atomic E-state index is 0.425. The fourth-order valence-electron chi connectivity index (χ4n) is 8.03. The maximum Gasteiger partial charge on any atom is 0.0459 e. The van der Waals surface area contributed by atoms with E-state index in [1.165, 1.54) is 89.9 Å². The molecule has 0 aromatic heterocycles. The van der Waals surface area contributed by atoms with Crippen LogP contribution in [0.25, 0.3) is 0 Å². The summed E-state index contributed by atoms with van der Waals surface area (Å²) in [5, 5.41) is 9.64. The van der Waals surface area contributed by atoms with Crippen LogP contribution in [0, 0.1) is 47.3 Å². The monoisotopic (exact) mass is 404 g/mol. The number of aliphatic hydroxyl groups is 1. The number of hydrogen-bond acceptors (Lipinski definition) is 1. The summed E-state index contributed by atoms with van der Waals surface area (Å²) in [5.74, 6) is 7.60. The Hall–Kier alpha value is -0.0400. The highest BCUT2D eigenvalue weighted by molar-refractivity contribution is 4.91. The molecule has 0 amide bonds. The van der Waals surface area contributed by atoms with Crippen molar-refractivity contribution in [3.8, 4) is 0 Å². The van der Waals surface area contributed by atoms with Gasteiger partial charge in [-0.1, -0.05) is 72.1 Å². The number of hydrogen-bond donors (Lipinski definition) is 1. The largest absolute Gasteiger partial charge is 0.396 e. The van der Waals surface area contributed by atoms with E-state index in [2.05, 4.69) is 20.8 Å². The van der Waals surface area contributed by atoms with Gasteiger partial charge in [0, 0.05) is 6.61 Å². The summed E-state index contributed by atoms with van der Waals surface area (Å²) in [6.07, 6.45) is 23.3. The molecule has 3 aliphatic rings. The van der Waals surface area contributed by atoms with Gasteiger partial charge in [-0.15, -0.1) is 0 Å². The number of aliphatic hydroxyl groups excluding tert-OH is 1. The van der Waals surface area contributed by atoms with Crippen molar-refractivity contribution in [1.82, 2.24) is 0 Å². The molecule has 0 aromatic rings. The standard InChI is InChI=1S/C28H52O/c1-4-7-8-9-21-10-13-25(14-11-21)27-17-15-26(19-24(27)6-3)28-16-12-22(20-29)18-23(28)5-2/h21-29H,4-20H2,1-3H3. The van der Waals surface area contributed by atoms with Crippen molar-refractivity contribution in [3.05, 3.63) is 0 Å². The van der Waals surface area contributed by atoms with Gasteiger partial charge in [0.1, 0.15) is 0 Å². The third kappa shape index (κ3) is 6.24. The van der Waals surface area contributed by atoms with E-state index in [4.69, 9.17) is 0 Å². The summed E-state index contributed by atoms with van der Waals surface area (Å²) in [7, 11) is 0. The van der Waals surface area contributed by atoms with Crippen LogP contribution in [0.2, 0.25) is 0 Å². The maximum atomic E-state index is 9.64. The lowest BCUT2D eigenvalue weighted by Gasteiger charge is -2.47. The van der Waals surface area contributed by atoms with Crippen LogP contribution in [0.15, 0.2) is 0 Å². The first-order chi connectivity index (χ1) is 14.2. The Kier molecular flexibility index (Phi) is 9.87. The molecule has 1 nitrogen and oxygen atoms in total. The van der Waals surface area contributed by atoms with E-state index in [1.54, 1.807) is 12.8 Å². The van der Waals surface area contributed by atoms with E-state index >= 15 is 0 Å². The SMILES string of the molecule is CCCCCC1CCC(C2CCC(C3CCC(CO)CC3CC)CC2CC)CC1. The third-order valence-corrected chi connectivity index (χ3v) is 9.86. The fourth-order valence-corrected chi connectivity index (χ4v) is 8.03. The van der Waals surface area contributed by atoms with Gasteiger partial charge in [0.15, 0.2) is 0 Å². The molecule has 0 bridgehead atoms. The fraction of sp³-hybridized carbons (Fsp3) is 1.00. The molecule has 3 saturated carbocycles. The molecule has 0 aromatic carbocycles. The van der Waals surface area contributed by atoms with Gasteiger partial charge in [-0.05, 0) is 98.7 Å². The molecule has 0 aliphatic heterocycles. The lowest BCUT2D eigenvalue weighted by atomic mass is 9.58. The van der Waals surface area contributed by atoms with Crippen LogP contribution in [0.3, 0.4) is 0 Å². The summed E-state index contributed by atoms with van der Waals surface area (Å²) in [4.78, 5) is 0. The predicted octanol–water partition coefficient (Wildman–Crippen LogP) is 8.25. The Morgan fingerprint density at radius 1 is 0.621 bits per heavy atom. The molecule has 0 heterocycles. The van der Waals surface area contributed by atoms with Crippen LogP contribution in [-0.4, -0.2) is 11.7 Å². The normalized spacial score (nSPS) is 41.4. The summed E-state index contributed by atoms with van der Waals surface area (Å²) in [6.45, 7) is 7.64. The molecule has 1 heteroatoms. The van der Waals surface area contributed by atoms with E-state index < -0.39 is 0 Å². The number of rotatable bonds is 9. The van der Waals surface area contributed by atoms with E-state index in [0.29, 0.717) is 12.5 Å². The van der Waals surface area contributed by atoms with Crippen LogP contribution in [-0.2, 0) is 0 Å². The van der Waals surface area contributed by atoms with Crippen LogP contribution >= 0.6 is 0 Å². The Morgan fingerprint density at radius 2 is 1.21 bits per heavy atom. The molecule has 6 atom stereocenters.